The van der Waals surface area contributed by atoms with Crippen LogP contribution in [0, 0.1) is 0 Å². The zero-order valence-corrected chi connectivity index (χ0v) is 19.9. The quantitative estimate of drug-likeness (QED) is 0.381. The number of hydrogen-bond acceptors (Lipinski definition) is 9. The van der Waals surface area contributed by atoms with Gasteiger partial charge < -0.3 is 28.3 Å². The van der Waals surface area contributed by atoms with Crippen LogP contribution < -0.4 is 9.64 Å². The van der Waals surface area contributed by atoms with Crippen molar-refractivity contribution in [2.24, 2.45) is 0 Å². The van der Waals surface area contributed by atoms with Gasteiger partial charge in [-0.05, 0) is 18.2 Å². The van der Waals surface area contributed by atoms with Crippen molar-refractivity contribution in [3.05, 3.63) is 71.1 Å². The molecule has 0 unspecified atom stereocenters. The van der Waals surface area contributed by atoms with Crippen molar-refractivity contribution in [3.8, 4) is 5.75 Å². The number of rotatable bonds is 6. The van der Waals surface area contributed by atoms with Gasteiger partial charge in [0, 0.05) is 41.9 Å². The Morgan fingerprint density at radius 2 is 1.83 bits per heavy atom. The van der Waals surface area contributed by atoms with Gasteiger partial charge in [0.15, 0.2) is 17.0 Å². The van der Waals surface area contributed by atoms with Crippen molar-refractivity contribution in [1.29, 1.82) is 0 Å². The molecule has 0 N–H and O–H groups in total. The maximum Gasteiger partial charge on any atom is 0.220 e. The second-order valence-electron chi connectivity index (χ2n) is 8.31. The van der Waals surface area contributed by atoms with Crippen molar-refractivity contribution >= 4 is 39.7 Å². The Kier molecular flexibility index (Phi) is 6.46. The molecule has 2 aromatic carbocycles. The Morgan fingerprint density at radius 3 is 2.66 bits per heavy atom. The van der Waals surface area contributed by atoms with Crippen LogP contribution in [0.3, 0.4) is 0 Å². The lowest BCUT2D eigenvalue weighted by Gasteiger charge is -2.29. The van der Waals surface area contributed by atoms with Gasteiger partial charge in [0.05, 0.1) is 26.4 Å². The largest absolute Gasteiger partial charge is 0.485 e. The van der Waals surface area contributed by atoms with Crippen LogP contribution in [-0.2, 0) is 14.2 Å². The fourth-order valence-corrected chi connectivity index (χ4v) is 4.89. The van der Waals surface area contributed by atoms with Gasteiger partial charge in [-0.25, -0.2) is 9.97 Å². The summed E-state index contributed by atoms with van der Waals surface area (Å²) in [4.78, 5) is 12.4. The molecule has 8 nitrogen and oxygen atoms in total. The summed E-state index contributed by atoms with van der Waals surface area (Å²) >= 11 is 1.65. The summed E-state index contributed by atoms with van der Waals surface area (Å²) in [5.41, 5.74) is 2.45. The monoisotopic (exact) mass is 491 g/mol. The van der Waals surface area contributed by atoms with Crippen LogP contribution in [0.4, 0.5) is 5.13 Å². The highest BCUT2D eigenvalue weighted by atomic mass is 32.1. The van der Waals surface area contributed by atoms with Crippen LogP contribution in [0.15, 0.2) is 59.1 Å². The molecule has 0 amide bonds. The van der Waals surface area contributed by atoms with Crippen LogP contribution in [0.25, 0.3) is 23.3 Å². The number of hydrogen-bond donors (Lipinski definition) is 0. The van der Waals surface area contributed by atoms with E-state index in [4.69, 9.17) is 23.4 Å². The highest BCUT2D eigenvalue weighted by molar-refractivity contribution is 7.16. The minimum atomic E-state index is -0.356. The van der Waals surface area contributed by atoms with E-state index in [2.05, 4.69) is 14.9 Å². The van der Waals surface area contributed by atoms with Gasteiger partial charge in [-0.15, -0.1) is 0 Å². The van der Waals surface area contributed by atoms with Crippen molar-refractivity contribution in [3.63, 3.8) is 0 Å². The van der Waals surface area contributed by atoms with E-state index in [9.17, 15) is 0 Å². The third kappa shape index (κ3) is 5.23. The number of anilines is 1. The minimum absolute atomic E-state index is 0.193. The molecule has 6 rings (SSSR count). The van der Waals surface area contributed by atoms with Gasteiger partial charge in [0.25, 0.3) is 0 Å². The van der Waals surface area contributed by atoms with Crippen molar-refractivity contribution in [1.82, 2.24) is 9.97 Å². The van der Waals surface area contributed by atoms with E-state index in [1.54, 1.807) is 11.3 Å². The van der Waals surface area contributed by atoms with E-state index >= 15 is 0 Å². The van der Waals surface area contributed by atoms with Gasteiger partial charge >= 0.3 is 0 Å². The smallest absolute Gasteiger partial charge is 0.220 e. The van der Waals surface area contributed by atoms with Crippen LogP contribution in [0.1, 0.15) is 22.6 Å². The average molecular weight is 492 g/mol. The maximum absolute atomic E-state index is 6.07. The molecule has 4 aromatic rings. The summed E-state index contributed by atoms with van der Waals surface area (Å²) < 4.78 is 29.1. The molecule has 0 atom stereocenters. The Morgan fingerprint density at radius 1 is 1.00 bits per heavy atom. The third-order valence-corrected chi connectivity index (χ3v) is 6.82. The fraction of sp³-hybridized carbons (Fsp3) is 0.308. The molecule has 0 spiro atoms. The molecule has 4 heterocycles. The standard InChI is InChI=1S/C26H25N3O5S/c1-2-4-18(5-3-1)25-31-16-20(17-32-25)33-19-6-8-22-23(14-19)34-24(28-22)9-7-21-15-27-26(35-21)29-10-12-30-13-11-29/h1-9,14-15,20,25H,10-13,16-17H2. The van der Waals surface area contributed by atoms with E-state index < -0.39 is 0 Å². The summed E-state index contributed by atoms with van der Waals surface area (Å²) in [5, 5.41) is 1.01. The molecule has 2 fully saturated rings. The minimum Gasteiger partial charge on any atom is -0.485 e. The molecule has 0 saturated carbocycles. The lowest BCUT2D eigenvalue weighted by molar-refractivity contribution is -0.215. The zero-order valence-electron chi connectivity index (χ0n) is 19.0. The van der Waals surface area contributed by atoms with Crippen molar-refractivity contribution < 1.29 is 23.4 Å². The first-order valence-corrected chi connectivity index (χ1v) is 12.4. The Bertz CT molecular complexity index is 1290. The number of aromatic nitrogens is 2. The van der Waals surface area contributed by atoms with Crippen LogP contribution in [-0.4, -0.2) is 55.6 Å². The molecule has 0 bridgehead atoms. The Hall–Kier alpha value is -3.24. The average Bonchev–Trinajstić information content (AvgIpc) is 3.56. The Balaban J connectivity index is 1.07. The second kappa shape index (κ2) is 10.2. The highest BCUT2D eigenvalue weighted by Crippen LogP contribution is 2.28. The van der Waals surface area contributed by atoms with Crippen LogP contribution in [0.5, 0.6) is 5.75 Å². The molecule has 0 aliphatic carbocycles. The first kappa shape index (κ1) is 22.2. The Labute approximate surface area is 206 Å². The highest BCUT2D eigenvalue weighted by Gasteiger charge is 2.25. The van der Waals surface area contributed by atoms with Gasteiger partial charge in [-0.2, -0.15) is 0 Å². The first-order chi connectivity index (χ1) is 17.3. The maximum atomic E-state index is 6.07. The lowest BCUT2D eigenvalue weighted by atomic mass is 10.2. The normalized spacial score (nSPS) is 21.1. The number of fused-ring (bicyclic) bond motifs is 1. The first-order valence-electron chi connectivity index (χ1n) is 11.6. The SMILES string of the molecule is C(=Cc1cnc(N2CCOCC2)s1)c1nc2ccc(OC3COC(c4ccccc4)OC3)cc2o1. The van der Waals surface area contributed by atoms with Crippen molar-refractivity contribution in [2.75, 3.05) is 44.4 Å². The van der Waals surface area contributed by atoms with E-state index in [1.807, 2.05) is 66.9 Å². The predicted octanol–water partition coefficient (Wildman–Crippen LogP) is 4.78. The molecule has 2 aliphatic rings. The number of oxazole rings is 1. The molecular weight excluding hydrogens is 466 g/mol. The number of benzene rings is 2. The molecule has 2 aromatic heterocycles. The molecule has 180 valence electrons. The topological polar surface area (TPSA) is 79.1 Å². The van der Waals surface area contributed by atoms with Crippen LogP contribution in [0.2, 0.25) is 0 Å². The summed E-state index contributed by atoms with van der Waals surface area (Å²) in [6, 6.07) is 15.5. The fourth-order valence-electron chi connectivity index (χ4n) is 4.02. The number of nitrogens with zero attached hydrogens (tertiary/aromatic N) is 3. The molecule has 0 radical (unpaired) electrons. The molecule has 2 aliphatic heterocycles. The summed E-state index contributed by atoms with van der Waals surface area (Å²) in [6.07, 6.45) is 5.16. The second-order valence-corrected chi connectivity index (χ2v) is 9.35. The number of ether oxygens (including phenoxy) is 4. The summed E-state index contributed by atoms with van der Waals surface area (Å²) in [7, 11) is 0. The van der Waals surface area contributed by atoms with E-state index in [0.29, 0.717) is 30.4 Å². The zero-order chi connectivity index (χ0) is 23.5. The number of thiazole rings is 1. The number of morpholine rings is 1. The summed E-state index contributed by atoms with van der Waals surface area (Å²) in [6.45, 7) is 4.13. The predicted molar refractivity (Wildman–Crippen MR) is 134 cm³/mol. The van der Waals surface area contributed by atoms with Gasteiger partial charge in [-0.1, -0.05) is 41.7 Å². The molecule has 9 heteroatoms. The van der Waals surface area contributed by atoms with Gasteiger partial charge in [0.1, 0.15) is 17.4 Å². The molecular formula is C26H25N3O5S. The summed E-state index contributed by atoms with van der Waals surface area (Å²) in [5.74, 6) is 1.23. The molecule has 2 saturated heterocycles. The third-order valence-electron chi connectivity index (χ3n) is 5.80. The van der Waals surface area contributed by atoms with Gasteiger partial charge in [0.2, 0.25) is 5.89 Å². The van der Waals surface area contributed by atoms with Crippen LogP contribution >= 0.6 is 11.3 Å². The van der Waals surface area contributed by atoms with E-state index in [-0.39, 0.29) is 12.4 Å². The lowest BCUT2D eigenvalue weighted by Crippen LogP contribution is -2.36. The van der Waals surface area contributed by atoms with E-state index in [1.165, 1.54) is 0 Å². The van der Waals surface area contributed by atoms with Gasteiger partial charge in [-0.3, -0.25) is 0 Å². The van der Waals surface area contributed by atoms with Crippen molar-refractivity contribution in [2.45, 2.75) is 12.4 Å². The molecule has 35 heavy (non-hydrogen) atoms. The van der Waals surface area contributed by atoms with E-state index in [0.717, 1.165) is 47.4 Å².